The number of aromatic amines is 1. The lowest BCUT2D eigenvalue weighted by Crippen LogP contribution is -2.04. The summed E-state index contributed by atoms with van der Waals surface area (Å²) in [5.74, 6) is 1.48. The number of hydrogen-bond acceptors (Lipinski definition) is 6. The van der Waals surface area contributed by atoms with Gasteiger partial charge in [-0.05, 0) is 29.2 Å². The summed E-state index contributed by atoms with van der Waals surface area (Å²) in [5, 5.41) is 4.41. The molecular formula is C20H20N6O. The molecule has 27 heavy (non-hydrogen) atoms. The molecule has 0 bridgehead atoms. The number of H-pyrrole nitrogens is 1. The number of aromatic nitrogens is 5. The van der Waals surface area contributed by atoms with Crippen LogP contribution in [0.15, 0.2) is 49.3 Å². The molecule has 4 rings (SSSR count). The topological polar surface area (TPSA) is 88.6 Å². The molecule has 136 valence electrons. The molecule has 0 saturated carbocycles. The van der Waals surface area contributed by atoms with E-state index in [0.29, 0.717) is 12.4 Å². The van der Waals surface area contributed by atoms with Gasteiger partial charge in [-0.3, -0.25) is 0 Å². The maximum atomic E-state index is 5.08. The first-order valence-electron chi connectivity index (χ1n) is 8.67. The Hall–Kier alpha value is -3.48. The van der Waals surface area contributed by atoms with E-state index < -0.39 is 0 Å². The van der Waals surface area contributed by atoms with Gasteiger partial charge in [0, 0.05) is 49.2 Å². The van der Waals surface area contributed by atoms with E-state index in [-0.39, 0.29) is 0 Å². The van der Waals surface area contributed by atoms with Crippen LogP contribution >= 0.6 is 0 Å². The lowest BCUT2D eigenvalue weighted by molar-refractivity contribution is 0.397. The van der Waals surface area contributed by atoms with Gasteiger partial charge < -0.3 is 15.0 Å². The molecule has 0 saturated heterocycles. The van der Waals surface area contributed by atoms with Gasteiger partial charge in [0.05, 0.1) is 7.11 Å². The number of methoxy groups -OCH3 is 1. The van der Waals surface area contributed by atoms with Crippen molar-refractivity contribution in [3.8, 4) is 5.88 Å². The highest BCUT2D eigenvalue weighted by Crippen LogP contribution is 2.21. The number of nitrogens with one attached hydrogen (secondary N) is 2. The minimum Gasteiger partial charge on any atom is -0.481 e. The third kappa shape index (κ3) is 3.72. The first-order chi connectivity index (χ1) is 13.2. The largest absolute Gasteiger partial charge is 0.481 e. The number of pyridine rings is 2. The maximum Gasteiger partial charge on any atom is 0.212 e. The minimum absolute atomic E-state index is 0.611. The average molecular weight is 360 g/mol. The molecule has 0 aliphatic heterocycles. The standard InChI is InChI=1S/C20H20N6O/c1-13-5-15(6-16-10-25-20-17(16)11-21-12-26-20)9-24-19(13)23-8-14-3-4-18(27-2)22-7-14/h3-5,7,9-12H,6,8H2,1-2H3,(H,23,24)(H,21,25,26). The van der Waals surface area contributed by atoms with Gasteiger partial charge in [-0.25, -0.2) is 19.9 Å². The van der Waals surface area contributed by atoms with Crippen LogP contribution in [0.2, 0.25) is 0 Å². The zero-order chi connectivity index (χ0) is 18.6. The molecule has 7 heteroatoms. The van der Waals surface area contributed by atoms with Crippen LogP contribution < -0.4 is 10.1 Å². The molecule has 0 spiro atoms. The van der Waals surface area contributed by atoms with Crippen molar-refractivity contribution < 1.29 is 4.74 Å². The van der Waals surface area contributed by atoms with Crippen molar-refractivity contribution in [3.05, 3.63) is 71.6 Å². The Morgan fingerprint density at radius 3 is 2.74 bits per heavy atom. The van der Waals surface area contributed by atoms with Crippen molar-refractivity contribution >= 4 is 16.9 Å². The molecular weight excluding hydrogens is 340 g/mol. The predicted octanol–water partition coefficient (Wildman–Crippen LogP) is 3.27. The van der Waals surface area contributed by atoms with Crippen LogP contribution in [0, 0.1) is 6.92 Å². The zero-order valence-electron chi connectivity index (χ0n) is 15.2. The Balaban J connectivity index is 1.45. The number of ether oxygens (including phenoxy) is 1. The summed E-state index contributed by atoms with van der Waals surface area (Å²) < 4.78 is 5.08. The van der Waals surface area contributed by atoms with Gasteiger partial charge in [0.2, 0.25) is 5.88 Å². The molecule has 4 heterocycles. The number of nitrogens with zero attached hydrogens (tertiary/aromatic N) is 4. The van der Waals surface area contributed by atoms with Gasteiger partial charge >= 0.3 is 0 Å². The van der Waals surface area contributed by atoms with E-state index in [1.54, 1.807) is 19.6 Å². The number of aryl methyl sites for hydroxylation is 1. The van der Waals surface area contributed by atoms with Crippen molar-refractivity contribution in [2.24, 2.45) is 0 Å². The summed E-state index contributed by atoms with van der Waals surface area (Å²) in [6.07, 6.45) is 9.86. The van der Waals surface area contributed by atoms with E-state index in [4.69, 9.17) is 4.74 Å². The fraction of sp³-hybridized carbons (Fsp3) is 0.200. The van der Waals surface area contributed by atoms with Crippen molar-refractivity contribution in [2.45, 2.75) is 19.9 Å². The Morgan fingerprint density at radius 1 is 1.07 bits per heavy atom. The number of anilines is 1. The first kappa shape index (κ1) is 17.0. The fourth-order valence-corrected chi connectivity index (χ4v) is 3.02. The summed E-state index contributed by atoms with van der Waals surface area (Å²) >= 11 is 0. The van der Waals surface area contributed by atoms with E-state index in [1.165, 1.54) is 0 Å². The normalized spacial score (nSPS) is 10.9. The Labute approximate surface area is 156 Å². The summed E-state index contributed by atoms with van der Waals surface area (Å²) in [6.45, 7) is 2.72. The number of hydrogen-bond donors (Lipinski definition) is 2. The molecule has 0 aliphatic rings. The molecule has 4 aromatic heterocycles. The highest BCUT2D eigenvalue weighted by molar-refractivity contribution is 5.78. The van der Waals surface area contributed by atoms with Crippen LogP contribution in [0.25, 0.3) is 11.0 Å². The number of rotatable bonds is 6. The summed E-state index contributed by atoms with van der Waals surface area (Å²) in [7, 11) is 1.61. The van der Waals surface area contributed by atoms with Gasteiger partial charge in [0.1, 0.15) is 17.8 Å². The molecule has 0 atom stereocenters. The van der Waals surface area contributed by atoms with Crippen molar-refractivity contribution in [1.82, 2.24) is 24.9 Å². The van der Waals surface area contributed by atoms with E-state index in [1.807, 2.05) is 30.7 Å². The smallest absolute Gasteiger partial charge is 0.212 e. The van der Waals surface area contributed by atoms with Crippen molar-refractivity contribution in [3.63, 3.8) is 0 Å². The maximum absolute atomic E-state index is 5.08. The molecule has 0 fully saturated rings. The average Bonchev–Trinajstić information content (AvgIpc) is 3.11. The Morgan fingerprint density at radius 2 is 1.96 bits per heavy atom. The SMILES string of the molecule is COc1ccc(CNc2ncc(Cc3c[nH]c4ncncc34)cc2C)cn1. The minimum atomic E-state index is 0.611. The quantitative estimate of drug-likeness (QED) is 0.549. The van der Waals surface area contributed by atoms with Crippen LogP contribution in [-0.2, 0) is 13.0 Å². The lowest BCUT2D eigenvalue weighted by atomic mass is 10.1. The molecule has 0 unspecified atom stereocenters. The van der Waals surface area contributed by atoms with Gasteiger partial charge in [0.25, 0.3) is 0 Å². The Bertz CT molecular complexity index is 1060. The van der Waals surface area contributed by atoms with Crippen molar-refractivity contribution in [1.29, 1.82) is 0 Å². The molecule has 7 nitrogen and oxygen atoms in total. The molecule has 0 amide bonds. The van der Waals surface area contributed by atoms with E-state index in [2.05, 4.69) is 43.2 Å². The highest BCUT2D eigenvalue weighted by atomic mass is 16.5. The van der Waals surface area contributed by atoms with Crippen LogP contribution in [0.3, 0.4) is 0 Å². The predicted molar refractivity (Wildman–Crippen MR) is 104 cm³/mol. The summed E-state index contributed by atoms with van der Waals surface area (Å²) in [6, 6.07) is 6.00. The van der Waals surface area contributed by atoms with Gasteiger partial charge in [0.15, 0.2) is 0 Å². The van der Waals surface area contributed by atoms with Crippen LogP contribution in [-0.4, -0.2) is 32.0 Å². The molecule has 0 aromatic carbocycles. The van der Waals surface area contributed by atoms with E-state index >= 15 is 0 Å². The van der Waals surface area contributed by atoms with Crippen LogP contribution in [0.4, 0.5) is 5.82 Å². The fourth-order valence-electron chi connectivity index (χ4n) is 3.02. The monoisotopic (exact) mass is 360 g/mol. The Kier molecular flexibility index (Phi) is 4.65. The lowest BCUT2D eigenvalue weighted by Gasteiger charge is -2.10. The third-order valence-electron chi connectivity index (χ3n) is 4.44. The van der Waals surface area contributed by atoms with Crippen LogP contribution in [0.1, 0.15) is 22.3 Å². The van der Waals surface area contributed by atoms with E-state index in [0.717, 1.165) is 45.5 Å². The second kappa shape index (κ2) is 7.41. The van der Waals surface area contributed by atoms with Gasteiger partial charge in [-0.1, -0.05) is 12.1 Å². The number of fused-ring (bicyclic) bond motifs is 1. The van der Waals surface area contributed by atoms with Gasteiger partial charge in [-0.15, -0.1) is 0 Å². The summed E-state index contributed by atoms with van der Waals surface area (Å²) in [5.41, 5.74) is 5.34. The summed E-state index contributed by atoms with van der Waals surface area (Å²) in [4.78, 5) is 20.3. The first-order valence-corrected chi connectivity index (χ1v) is 8.67. The highest BCUT2D eigenvalue weighted by Gasteiger charge is 2.08. The van der Waals surface area contributed by atoms with Crippen molar-refractivity contribution in [2.75, 3.05) is 12.4 Å². The molecule has 2 N–H and O–H groups in total. The second-order valence-electron chi connectivity index (χ2n) is 6.35. The molecule has 4 aromatic rings. The molecule has 0 radical (unpaired) electrons. The zero-order valence-corrected chi connectivity index (χ0v) is 15.2. The van der Waals surface area contributed by atoms with E-state index in [9.17, 15) is 0 Å². The second-order valence-corrected chi connectivity index (χ2v) is 6.35. The van der Waals surface area contributed by atoms with Crippen LogP contribution in [0.5, 0.6) is 5.88 Å². The molecule has 0 aliphatic carbocycles. The third-order valence-corrected chi connectivity index (χ3v) is 4.44. The van der Waals surface area contributed by atoms with Gasteiger partial charge in [-0.2, -0.15) is 0 Å².